The predicted octanol–water partition coefficient (Wildman–Crippen LogP) is 3.27. The van der Waals surface area contributed by atoms with Crippen molar-refractivity contribution in [3.8, 4) is 0 Å². The van der Waals surface area contributed by atoms with Crippen LogP contribution in [-0.4, -0.2) is 24.1 Å². The topological polar surface area (TPSA) is 29.5 Å². The molecule has 0 N–H and O–H groups in total. The molecule has 3 nitrogen and oxygen atoms in total. The Morgan fingerprint density at radius 3 is 2.88 bits per heavy atom. The van der Waals surface area contributed by atoms with E-state index in [9.17, 15) is 4.79 Å². The van der Waals surface area contributed by atoms with Crippen LogP contribution < -0.4 is 0 Å². The number of nitrogens with zero attached hydrogens (tertiary/aromatic N) is 1. The van der Waals surface area contributed by atoms with E-state index in [1.807, 2.05) is 0 Å². The minimum Gasteiger partial charge on any atom is -0.271 e. The maximum atomic E-state index is 12.0. The van der Waals surface area contributed by atoms with Gasteiger partial charge in [-0.05, 0) is 47.0 Å². The van der Waals surface area contributed by atoms with Gasteiger partial charge in [-0.3, -0.25) is 9.63 Å². The van der Waals surface area contributed by atoms with E-state index in [1.54, 1.807) is 18.2 Å². The molecule has 2 rings (SSSR count). The number of hydrogen-bond donors (Lipinski definition) is 0. The van der Waals surface area contributed by atoms with Gasteiger partial charge >= 0.3 is 0 Å². The van der Waals surface area contributed by atoms with Crippen LogP contribution in [-0.2, 0) is 4.84 Å². The molecule has 1 heterocycles. The SMILES string of the molecule is O=C(c1ccc(Br)c(Cl)c1)N1CCCCO1. The van der Waals surface area contributed by atoms with E-state index in [4.69, 9.17) is 16.4 Å². The lowest BCUT2D eigenvalue weighted by Gasteiger charge is -2.25. The standard InChI is InChI=1S/C11H11BrClNO2/c12-9-4-3-8(7-10(9)13)11(15)14-5-1-2-6-16-14/h3-4,7H,1-2,5-6H2. The van der Waals surface area contributed by atoms with Crippen molar-refractivity contribution in [3.05, 3.63) is 33.3 Å². The van der Waals surface area contributed by atoms with Crippen molar-refractivity contribution in [1.82, 2.24) is 5.06 Å². The van der Waals surface area contributed by atoms with Gasteiger partial charge in [-0.15, -0.1) is 0 Å². The number of hydrogen-bond acceptors (Lipinski definition) is 2. The highest BCUT2D eigenvalue weighted by atomic mass is 79.9. The summed E-state index contributed by atoms with van der Waals surface area (Å²) < 4.78 is 0.783. The first kappa shape index (κ1) is 11.9. The number of amides is 1. The normalized spacial score (nSPS) is 16.2. The largest absolute Gasteiger partial charge is 0.277 e. The fourth-order valence-corrected chi connectivity index (χ4v) is 1.96. The molecule has 0 spiro atoms. The summed E-state index contributed by atoms with van der Waals surface area (Å²) in [6.07, 6.45) is 1.99. The van der Waals surface area contributed by atoms with Gasteiger partial charge in [0.2, 0.25) is 0 Å². The first-order valence-corrected chi connectivity index (χ1v) is 6.25. The van der Waals surface area contributed by atoms with Crippen molar-refractivity contribution in [1.29, 1.82) is 0 Å². The Morgan fingerprint density at radius 2 is 2.25 bits per heavy atom. The molecule has 1 amide bonds. The van der Waals surface area contributed by atoms with Gasteiger partial charge in [0.1, 0.15) is 0 Å². The number of carbonyl (C=O) groups excluding carboxylic acids is 1. The Hall–Kier alpha value is -0.580. The third kappa shape index (κ3) is 2.56. The Bertz CT molecular complexity index is 405. The fourth-order valence-electron chi connectivity index (χ4n) is 1.53. The molecular formula is C11H11BrClNO2. The highest BCUT2D eigenvalue weighted by Gasteiger charge is 2.19. The summed E-state index contributed by atoms with van der Waals surface area (Å²) in [4.78, 5) is 17.3. The fraction of sp³-hybridized carbons (Fsp3) is 0.364. The minimum atomic E-state index is -0.130. The molecule has 1 aliphatic heterocycles. The average Bonchev–Trinajstić information content (AvgIpc) is 2.33. The first-order valence-electron chi connectivity index (χ1n) is 5.08. The average molecular weight is 305 g/mol. The van der Waals surface area contributed by atoms with E-state index in [2.05, 4.69) is 15.9 Å². The van der Waals surface area contributed by atoms with E-state index in [-0.39, 0.29) is 5.91 Å². The van der Waals surface area contributed by atoms with Crippen LogP contribution in [0, 0.1) is 0 Å². The Kier molecular flexibility index (Phi) is 3.84. The Balaban J connectivity index is 2.16. The summed E-state index contributed by atoms with van der Waals surface area (Å²) in [5, 5.41) is 1.94. The van der Waals surface area contributed by atoms with Gasteiger partial charge in [0.25, 0.3) is 5.91 Å². The molecule has 0 aromatic heterocycles. The maximum Gasteiger partial charge on any atom is 0.277 e. The molecule has 16 heavy (non-hydrogen) atoms. The van der Waals surface area contributed by atoms with E-state index in [1.165, 1.54) is 5.06 Å². The lowest BCUT2D eigenvalue weighted by Crippen LogP contribution is -2.35. The lowest BCUT2D eigenvalue weighted by molar-refractivity contribution is -0.144. The van der Waals surface area contributed by atoms with Gasteiger partial charge in [-0.25, -0.2) is 5.06 Å². The number of carbonyl (C=O) groups is 1. The summed E-state index contributed by atoms with van der Waals surface area (Å²) in [6, 6.07) is 5.14. The van der Waals surface area contributed by atoms with Crippen molar-refractivity contribution in [2.45, 2.75) is 12.8 Å². The summed E-state index contributed by atoms with van der Waals surface area (Å²) in [5.41, 5.74) is 0.551. The highest BCUT2D eigenvalue weighted by Crippen LogP contribution is 2.24. The molecule has 5 heteroatoms. The van der Waals surface area contributed by atoms with Crippen LogP contribution in [0.5, 0.6) is 0 Å². The van der Waals surface area contributed by atoms with Gasteiger partial charge in [-0.2, -0.15) is 0 Å². The number of benzene rings is 1. The molecule has 0 aliphatic carbocycles. The third-order valence-corrected chi connectivity index (χ3v) is 3.63. The molecule has 0 unspecified atom stereocenters. The van der Waals surface area contributed by atoms with Crippen LogP contribution in [0.2, 0.25) is 5.02 Å². The second-order valence-corrected chi connectivity index (χ2v) is 4.84. The molecule has 1 saturated heterocycles. The van der Waals surface area contributed by atoms with Crippen molar-refractivity contribution in [2.24, 2.45) is 0 Å². The van der Waals surface area contributed by atoms with E-state index in [0.717, 1.165) is 17.3 Å². The Labute approximate surface area is 107 Å². The predicted molar refractivity (Wildman–Crippen MR) is 65.4 cm³/mol. The van der Waals surface area contributed by atoms with Crippen molar-refractivity contribution in [2.75, 3.05) is 13.2 Å². The van der Waals surface area contributed by atoms with Crippen LogP contribution in [0.3, 0.4) is 0 Å². The van der Waals surface area contributed by atoms with E-state index in [0.29, 0.717) is 23.7 Å². The third-order valence-electron chi connectivity index (χ3n) is 2.40. The van der Waals surface area contributed by atoms with Gasteiger partial charge < -0.3 is 0 Å². The molecule has 1 aromatic carbocycles. The van der Waals surface area contributed by atoms with Crippen LogP contribution in [0.25, 0.3) is 0 Å². The Morgan fingerprint density at radius 1 is 1.44 bits per heavy atom. The van der Waals surface area contributed by atoms with Crippen molar-refractivity contribution in [3.63, 3.8) is 0 Å². The second kappa shape index (κ2) is 5.17. The van der Waals surface area contributed by atoms with Crippen LogP contribution in [0.1, 0.15) is 23.2 Å². The van der Waals surface area contributed by atoms with Gasteiger partial charge in [-0.1, -0.05) is 11.6 Å². The second-order valence-electron chi connectivity index (χ2n) is 3.58. The number of rotatable bonds is 1. The smallest absolute Gasteiger partial charge is 0.271 e. The van der Waals surface area contributed by atoms with Crippen LogP contribution >= 0.6 is 27.5 Å². The molecule has 0 bridgehead atoms. The van der Waals surface area contributed by atoms with Crippen molar-refractivity contribution >= 4 is 33.4 Å². The summed E-state index contributed by atoms with van der Waals surface area (Å²) in [5.74, 6) is -0.130. The van der Waals surface area contributed by atoms with Crippen LogP contribution in [0.4, 0.5) is 0 Å². The molecule has 1 aromatic rings. The quantitative estimate of drug-likeness (QED) is 0.797. The monoisotopic (exact) mass is 303 g/mol. The zero-order valence-corrected chi connectivity index (χ0v) is 10.9. The van der Waals surface area contributed by atoms with Gasteiger partial charge in [0.15, 0.2) is 0 Å². The maximum absolute atomic E-state index is 12.0. The lowest BCUT2D eigenvalue weighted by atomic mass is 10.2. The van der Waals surface area contributed by atoms with E-state index < -0.39 is 0 Å². The molecule has 0 atom stereocenters. The van der Waals surface area contributed by atoms with E-state index >= 15 is 0 Å². The summed E-state index contributed by atoms with van der Waals surface area (Å²) in [7, 11) is 0. The number of halogens is 2. The molecule has 1 aliphatic rings. The zero-order valence-electron chi connectivity index (χ0n) is 8.58. The van der Waals surface area contributed by atoms with Crippen molar-refractivity contribution < 1.29 is 9.63 Å². The number of hydroxylamine groups is 2. The molecule has 1 fully saturated rings. The van der Waals surface area contributed by atoms with Gasteiger partial charge in [0.05, 0.1) is 11.6 Å². The highest BCUT2D eigenvalue weighted by molar-refractivity contribution is 9.10. The van der Waals surface area contributed by atoms with Crippen LogP contribution in [0.15, 0.2) is 22.7 Å². The molecule has 0 saturated carbocycles. The molecule has 0 radical (unpaired) electrons. The summed E-state index contributed by atoms with van der Waals surface area (Å²) in [6.45, 7) is 1.25. The first-order chi connectivity index (χ1) is 7.68. The van der Waals surface area contributed by atoms with Gasteiger partial charge in [0, 0.05) is 16.6 Å². The minimum absolute atomic E-state index is 0.130. The zero-order chi connectivity index (χ0) is 11.5. The molecular weight excluding hydrogens is 293 g/mol. The molecule has 86 valence electrons. The summed E-state index contributed by atoms with van der Waals surface area (Å²) >= 11 is 9.22.